The van der Waals surface area contributed by atoms with Gasteiger partial charge in [-0.05, 0) is 86.1 Å². The molecule has 4 atom stereocenters. The Hall–Kier alpha value is -2.44. The molecule has 2 amide bonds. The van der Waals surface area contributed by atoms with Crippen LogP contribution in [0.25, 0.3) is 0 Å². The Balaban J connectivity index is 1.42. The van der Waals surface area contributed by atoms with Gasteiger partial charge in [0.2, 0.25) is 11.8 Å². The number of pyridine rings is 1. The van der Waals surface area contributed by atoms with E-state index in [4.69, 9.17) is 17.3 Å². The summed E-state index contributed by atoms with van der Waals surface area (Å²) in [4.78, 5) is 30.6. The molecule has 6 nitrogen and oxygen atoms in total. The molecule has 0 bridgehead atoms. The normalized spacial score (nSPS) is 25.7. The molecule has 0 aliphatic heterocycles. The number of hydrogen-bond acceptors (Lipinski definition) is 4. The van der Waals surface area contributed by atoms with E-state index in [2.05, 4.69) is 36.4 Å². The Bertz CT molecular complexity index is 1050. The number of rotatable bonds is 9. The van der Waals surface area contributed by atoms with Gasteiger partial charge in [-0.1, -0.05) is 44.5 Å². The van der Waals surface area contributed by atoms with Crippen LogP contribution in [0.15, 0.2) is 48.8 Å². The Morgan fingerprint density at radius 2 is 1.75 bits per heavy atom. The number of nitrogens with one attached hydrogen (secondary N) is 2. The van der Waals surface area contributed by atoms with Gasteiger partial charge < -0.3 is 16.4 Å². The van der Waals surface area contributed by atoms with Crippen LogP contribution in [0.3, 0.4) is 0 Å². The van der Waals surface area contributed by atoms with Crippen molar-refractivity contribution in [3.05, 3.63) is 59.4 Å². The van der Waals surface area contributed by atoms with E-state index in [9.17, 15) is 9.59 Å². The molecule has 0 spiro atoms. The van der Waals surface area contributed by atoms with E-state index < -0.39 is 10.8 Å². The van der Waals surface area contributed by atoms with Crippen molar-refractivity contribution in [2.45, 2.75) is 70.8 Å². The summed E-state index contributed by atoms with van der Waals surface area (Å²) in [5, 5.41) is 6.90. The largest absolute Gasteiger partial charge is 0.354 e. The molecule has 4 rings (SSSR count). The zero-order chi connectivity index (χ0) is 25.9. The van der Waals surface area contributed by atoms with E-state index >= 15 is 0 Å². The fourth-order valence-electron chi connectivity index (χ4n) is 6.06. The summed E-state index contributed by atoms with van der Waals surface area (Å²) in [5.41, 5.74) is 7.50. The van der Waals surface area contributed by atoms with Gasteiger partial charge in [0, 0.05) is 41.1 Å². The van der Waals surface area contributed by atoms with Crippen molar-refractivity contribution < 1.29 is 9.59 Å². The highest BCUT2D eigenvalue weighted by atomic mass is 35.5. The Labute approximate surface area is 219 Å². The maximum Gasteiger partial charge on any atom is 0.230 e. The first kappa shape index (κ1) is 26.6. The van der Waals surface area contributed by atoms with Gasteiger partial charge >= 0.3 is 0 Å². The predicted molar refractivity (Wildman–Crippen MR) is 145 cm³/mol. The highest BCUT2D eigenvalue weighted by Crippen LogP contribution is 2.49. The van der Waals surface area contributed by atoms with Crippen molar-refractivity contribution in [3.8, 4) is 0 Å². The first-order valence-corrected chi connectivity index (χ1v) is 13.5. The number of amides is 2. The Morgan fingerprint density at radius 1 is 1.08 bits per heavy atom. The summed E-state index contributed by atoms with van der Waals surface area (Å²) in [7, 11) is 0. The van der Waals surface area contributed by atoms with Crippen LogP contribution in [-0.4, -0.2) is 29.4 Å². The van der Waals surface area contributed by atoms with E-state index in [-0.39, 0.29) is 23.8 Å². The lowest BCUT2D eigenvalue weighted by Crippen LogP contribution is -2.50. The zero-order valence-corrected chi connectivity index (χ0v) is 22.4. The number of nitrogens with two attached hydrogens (primary N) is 1. The number of carbonyl (C=O) groups excluding carboxylic acids is 2. The molecule has 36 heavy (non-hydrogen) atoms. The average Bonchev–Trinajstić information content (AvgIpc) is 3.65. The molecule has 2 aromatic rings. The third kappa shape index (κ3) is 6.09. The molecule has 7 heteroatoms. The van der Waals surface area contributed by atoms with Crippen LogP contribution in [0.2, 0.25) is 5.02 Å². The van der Waals surface area contributed by atoms with Crippen molar-refractivity contribution in [1.82, 2.24) is 10.3 Å². The van der Waals surface area contributed by atoms with Crippen molar-refractivity contribution >= 4 is 29.1 Å². The number of aromatic nitrogens is 1. The number of anilines is 1. The minimum atomic E-state index is -0.519. The first-order valence-electron chi connectivity index (χ1n) is 13.1. The van der Waals surface area contributed by atoms with E-state index in [1.165, 1.54) is 0 Å². The van der Waals surface area contributed by atoms with Crippen molar-refractivity contribution in [3.63, 3.8) is 0 Å². The van der Waals surface area contributed by atoms with Crippen LogP contribution in [0.1, 0.15) is 64.9 Å². The van der Waals surface area contributed by atoms with Crippen LogP contribution >= 0.6 is 11.6 Å². The van der Waals surface area contributed by atoms with Gasteiger partial charge in [0.05, 0.1) is 5.41 Å². The van der Waals surface area contributed by atoms with Gasteiger partial charge in [0.15, 0.2) is 0 Å². The lowest BCUT2D eigenvalue weighted by molar-refractivity contribution is -0.129. The summed E-state index contributed by atoms with van der Waals surface area (Å²) < 4.78 is 0. The maximum absolute atomic E-state index is 13.4. The molecular weight excluding hydrogens is 472 g/mol. The van der Waals surface area contributed by atoms with Gasteiger partial charge in [-0.25, -0.2) is 0 Å². The minimum Gasteiger partial charge on any atom is -0.354 e. The molecule has 2 saturated carbocycles. The third-order valence-corrected chi connectivity index (χ3v) is 8.32. The standard InChI is InChI=1S/C29H39ClN4O2/c1-19(2)14-20-15-21(17-28(3,16-20)26(35)34-24-8-12-32-13-9-24)25(31)18-33-27(36)29(10-11-29)22-4-6-23(30)7-5-22/h4-9,12-13,19-21,25H,10-11,14-18,31H2,1-3H3,(H,33,36)(H,32,34,35). The van der Waals surface area contributed by atoms with Crippen LogP contribution in [0.5, 0.6) is 0 Å². The van der Waals surface area contributed by atoms with Gasteiger partial charge in [-0.3, -0.25) is 14.6 Å². The molecular formula is C29H39ClN4O2. The monoisotopic (exact) mass is 510 g/mol. The van der Waals surface area contributed by atoms with Crippen LogP contribution in [0, 0.1) is 23.2 Å². The van der Waals surface area contributed by atoms with Crippen molar-refractivity contribution in [2.24, 2.45) is 28.9 Å². The fraction of sp³-hybridized carbons (Fsp3) is 0.552. The number of benzene rings is 1. The molecule has 4 unspecified atom stereocenters. The Morgan fingerprint density at radius 3 is 2.36 bits per heavy atom. The molecule has 1 aromatic heterocycles. The molecule has 194 valence electrons. The van der Waals surface area contributed by atoms with Crippen molar-refractivity contribution in [1.29, 1.82) is 0 Å². The summed E-state index contributed by atoms with van der Waals surface area (Å²) >= 11 is 6.04. The second-order valence-electron chi connectivity index (χ2n) is 11.6. The second-order valence-corrected chi connectivity index (χ2v) is 12.0. The SMILES string of the molecule is CC(C)CC1CC(C(N)CNC(=O)C2(c3ccc(Cl)cc3)CC2)CC(C)(C(=O)Nc2ccncc2)C1. The van der Waals surface area contributed by atoms with E-state index in [0.717, 1.165) is 43.4 Å². The predicted octanol–water partition coefficient (Wildman–Crippen LogP) is 5.32. The zero-order valence-electron chi connectivity index (χ0n) is 21.6. The van der Waals surface area contributed by atoms with Gasteiger partial charge in [-0.2, -0.15) is 0 Å². The van der Waals surface area contributed by atoms with Crippen LogP contribution in [0.4, 0.5) is 5.69 Å². The van der Waals surface area contributed by atoms with E-state index in [1.54, 1.807) is 12.4 Å². The van der Waals surface area contributed by atoms with Crippen LogP contribution < -0.4 is 16.4 Å². The number of halogens is 1. The highest BCUT2D eigenvalue weighted by molar-refractivity contribution is 6.30. The molecule has 2 fully saturated rings. The number of nitrogens with zero attached hydrogens (tertiary/aromatic N) is 1. The average molecular weight is 511 g/mol. The van der Waals surface area contributed by atoms with Gasteiger partial charge in [0.1, 0.15) is 0 Å². The minimum absolute atomic E-state index is 0.0306. The topological polar surface area (TPSA) is 97.1 Å². The molecule has 4 N–H and O–H groups in total. The molecule has 0 radical (unpaired) electrons. The third-order valence-electron chi connectivity index (χ3n) is 8.06. The van der Waals surface area contributed by atoms with Gasteiger partial charge in [-0.15, -0.1) is 0 Å². The second kappa shape index (κ2) is 10.9. The smallest absolute Gasteiger partial charge is 0.230 e. The Kier molecular flexibility index (Phi) is 8.06. The van der Waals surface area contributed by atoms with E-state index in [0.29, 0.717) is 29.8 Å². The first-order chi connectivity index (χ1) is 17.1. The highest BCUT2D eigenvalue weighted by Gasteiger charge is 2.51. The lowest BCUT2D eigenvalue weighted by Gasteiger charge is -2.44. The molecule has 2 aliphatic carbocycles. The summed E-state index contributed by atoms with van der Waals surface area (Å²) in [6, 6.07) is 11.0. The van der Waals surface area contributed by atoms with Crippen molar-refractivity contribution in [2.75, 3.05) is 11.9 Å². The maximum atomic E-state index is 13.4. The number of hydrogen-bond donors (Lipinski definition) is 3. The molecule has 1 aromatic carbocycles. The number of carbonyl (C=O) groups is 2. The molecule has 1 heterocycles. The quantitative estimate of drug-likeness (QED) is 0.425. The molecule has 0 saturated heterocycles. The lowest BCUT2D eigenvalue weighted by atomic mass is 9.63. The summed E-state index contributed by atoms with van der Waals surface area (Å²) in [5.74, 6) is 1.19. The van der Waals surface area contributed by atoms with E-state index in [1.807, 2.05) is 36.4 Å². The van der Waals surface area contributed by atoms with Crippen LogP contribution in [-0.2, 0) is 15.0 Å². The fourth-order valence-corrected chi connectivity index (χ4v) is 6.18. The summed E-state index contributed by atoms with van der Waals surface area (Å²) in [6.45, 7) is 6.93. The molecule has 2 aliphatic rings. The van der Waals surface area contributed by atoms with Gasteiger partial charge in [0.25, 0.3) is 0 Å². The summed E-state index contributed by atoms with van der Waals surface area (Å²) in [6.07, 6.45) is 8.63.